The van der Waals surface area contributed by atoms with E-state index in [0.29, 0.717) is 5.69 Å². The van der Waals surface area contributed by atoms with Crippen LogP contribution in [0.15, 0.2) is 34.6 Å². The highest BCUT2D eigenvalue weighted by atomic mass is 16.6. The van der Waals surface area contributed by atoms with E-state index in [0.717, 1.165) is 0 Å². The first kappa shape index (κ1) is 12.8. The van der Waals surface area contributed by atoms with Crippen molar-refractivity contribution in [3.8, 4) is 0 Å². The molecule has 7 nitrogen and oxygen atoms in total. The number of rotatable bonds is 5. The van der Waals surface area contributed by atoms with E-state index in [9.17, 15) is 14.9 Å². The average Bonchev–Trinajstić information content (AvgIpc) is 2.29. The van der Waals surface area contributed by atoms with Gasteiger partial charge in [-0.2, -0.15) is 5.11 Å². The normalized spacial score (nSPS) is 12.4. The Bertz CT molecular complexity index is 441. The largest absolute Gasteiger partial charge is 0.298 e. The smallest absolute Gasteiger partial charge is 0.269 e. The highest BCUT2D eigenvalue weighted by Gasteiger charge is 2.05. The maximum atomic E-state index is 10.8. The van der Waals surface area contributed by atoms with Gasteiger partial charge in [0.1, 0.15) is 6.04 Å². The maximum absolute atomic E-state index is 10.8. The molecule has 90 valence electrons. The van der Waals surface area contributed by atoms with Gasteiger partial charge in [-0.3, -0.25) is 20.3 Å². The first-order chi connectivity index (χ1) is 8.00. The zero-order valence-corrected chi connectivity index (χ0v) is 9.45. The fourth-order valence-electron chi connectivity index (χ4n) is 0.912. The number of nitrogens with zero attached hydrogens (tertiary/aromatic N) is 3. The van der Waals surface area contributed by atoms with Crippen molar-refractivity contribution in [2.24, 2.45) is 10.3 Å². The van der Waals surface area contributed by atoms with Crippen molar-refractivity contribution in [1.29, 1.82) is 0 Å². The summed E-state index contributed by atoms with van der Waals surface area (Å²) in [5, 5.41) is 17.7. The van der Waals surface area contributed by atoms with Gasteiger partial charge in [-0.1, -0.05) is 5.22 Å². The molecule has 1 aromatic rings. The predicted molar refractivity (Wildman–Crippen MR) is 61.7 cm³/mol. The van der Waals surface area contributed by atoms with Gasteiger partial charge >= 0.3 is 0 Å². The van der Waals surface area contributed by atoms with Crippen molar-refractivity contribution in [2.45, 2.75) is 19.9 Å². The van der Waals surface area contributed by atoms with E-state index in [2.05, 4.69) is 15.8 Å². The lowest BCUT2D eigenvalue weighted by molar-refractivity contribution is -0.384. The van der Waals surface area contributed by atoms with Crippen LogP contribution in [0, 0.1) is 10.1 Å². The Kier molecular flexibility index (Phi) is 4.27. The second kappa shape index (κ2) is 5.69. The van der Waals surface area contributed by atoms with Crippen LogP contribution in [0.1, 0.15) is 13.8 Å². The van der Waals surface area contributed by atoms with Gasteiger partial charge in [0.05, 0.1) is 10.6 Å². The summed E-state index contributed by atoms with van der Waals surface area (Å²) < 4.78 is 0. The summed E-state index contributed by atoms with van der Waals surface area (Å²) in [7, 11) is 0. The quantitative estimate of drug-likeness (QED) is 0.482. The van der Waals surface area contributed by atoms with Crippen molar-refractivity contribution in [1.82, 2.24) is 0 Å². The number of Topliss-reactive ketones (excluding diaryl/α,β-unsaturated/α-hetero) is 1. The minimum absolute atomic E-state index is 0.00425. The zero-order valence-electron chi connectivity index (χ0n) is 9.45. The number of carbonyl (C=O) groups excluding carboxylic acids is 1. The van der Waals surface area contributed by atoms with Crippen LogP contribution in [0.5, 0.6) is 0 Å². The lowest BCUT2D eigenvalue weighted by Gasteiger charge is -2.00. The molecule has 0 fully saturated rings. The van der Waals surface area contributed by atoms with Crippen molar-refractivity contribution >= 4 is 17.2 Å². The van der Waals surface area contributed by atoms with E-state index in [1.165, 1.54) is 31.2 Å². The number of nitro benzene ring substituents is 1. The summed E-state index contributed by atoms with van der Waals surface area (Å²) in [5.41, 5.74) is 3.15. The summed E-state index contributed by atoms with van der Waals surface area (Å²) in [5.74, 6) is -0.0840. The van der Waals surface area contributed by atoms with Gasteiger partial charge in [-0.15, -0.1) is 0 Å². The molecule has 0 saturated carbocycles. The van der Waals surface area contributed by atoms with Crippen LogP contribution in [0.2, 0.25) is 0 Å². The highest BCUT2D eigenvalue weighted by Crippen LogP contribution is 2.15. The van der Waals surface area contributed by atoms with E-state index < -0.39 is 11.0 Å². The van der Waals surface area contributed by atoms with Gasteiger partial charge in [0.2, 0.25) is 0 Å². The minimum atomic E-state index is -0.499. The second-order valence-corrected chi connectivity index (χ2v) is 3.42. The Hall–Kier alpha value is -2.31. The summed E-state index contributed by atoms with van der Waals surface area (Å²) in [4.78, 5) is 20.8. The summed E-state index contributed by atoms with van der Waals surface area (Å²) in [6, 6.07) is 5.23. The number of hydrogen-bond donors (Lipinski definition) is 1. The minimum Gasteiger partial charge on any atom is -0.298 e. The molecule has 0 bridgehead atoms. The van der Waals surface area contributed by atoms with Crippen LogP contribution in [0.4, 0.5) is 11.4 Å². The van der Waals surface area contributed by atoms with E-state index in [-0.39, 0.29) is 11.5 Å². The highest BCUT2D eigenvalue weighted by molar-refractivity contribution is 5.80. The van der Waals surface area contributed by atoms with Gasteiger partial charge in [0, 0.05) is 12.1 Å². The molecule has 17 heavy (non-hydrogen) atoms. The topological polar surface area (TPSA) is 97.0 Å². The Labute approximate surface area is 97.7 Å². The summed E-state index contributed by atoms with van der Waals surface area (Å²) in [6.45, 7) is 3.05. The van der Waals surface area contributed by atoms with Crippen molar-refractivity contribution in [2.75, 3.05) is 5.43 Å². The first-order valence-electron chi connectivity index (χ1n) is 4.91. The third-order valence-electron chi connectivity index (χ3n) is 2.08. The van der Waals surface area contributed by atoms with Crippen molar-refractivity contribution < 1.29 is 9.72 Å². The van der Waals surface area contributed by atoms with Crippen LogP contribution in [-0.2, 0) is 4.79 Å². The molecule has 0 aliphatic rings. The molecule has 1 atom stereocenters. The fourth-order valence-corrected chi connectivity index (χ4v) is 0.912. The molecule has 0 aromatic heterocycles. The number of anilines is 1. The summed E-state index contributed by atoms with van der Waals surface area (Å²) >= 11 is 0. The number of benzene rings is 1. The molecule has 1 aromatic carbocycles. The van der Waals surface area contributed by atoms with Crippen molar-refractivity contribution in [3.05, 3.63) is 34.4 Å². The van der Waals surface area contributed by atoms with Crippen LogP contribution in [0.3, 0.4) is 0 Å². The molecular formula is C10H12N4O3. The SMILES string of the molecule is CC(=O)C(C)N=NNc1ccc([N+](=O)[O-])cc1. The van der Waals surface area contributed by atoms with Gasteiger partial charge in [0.15, 0.2) is 5.78 Å². The molecule has 0 aliphatic heterocycles. The van der Waals surface area contributed by atoms with E-state index in [1.807, 2.05) is 0 Å². The Morgan fingerprint density at radius 3 is 2.47 bits per heavy atom. The number of nitrogens with one attached hydrogen (secondary N) is 1. The van der Waals surface area contributed by atoms with E-state index >= 15 is 0 Å². The molecule has 0 spiro atoms. The lowest BCUT2D eigenvalue weighted by atomic mass is 10.3. The molecule has 1 unspecified atom stereocenters. The van der Waals surface area contributed by atoms with Gasteiger partial charge in [-0.25, -0.2) is 0 Å². The van der Waals surface area contributed by atoms with Crippen LogP contribution >= 0.6 is 0 Å². The fraction of sp³-hybridized carbons (Fsp3) is 0.300. The Morgan fingerprint density at radius 1 is 1.41 bits per heavy atom. The van der Waals surface area contributed by atoms with Gasteiger partial charge in [-0.05, 0) is 26.0 Å². The van der Waals surface area contributed by atoms with Crippen molar-refractivity contribution in [3.63, 3.8) is 0 Å². The number of carbonyl (C=O) groups is 1. The Morgan fingerprint density at radius 2 is 2.00 bits per heavy atom. The van der Waals surface area contributed by atoms with Crippen LogP contribution < -0.4 is 5.43 Å². The standard InChI is InChI=1S/C10H12N4O3/c1-7(8(2)15)11-13-12-9-3-5-10(6-4-9)14(16)17/h3-7H,1-2H3,(H,11,12). The maximum Gasteiger partial charge on any atom is 0.269 e. The molecule has 0 saturated heterocycles. The number of hydrogen-bond acceptors (Lipinski definition) is 5. The molecular weight excluding hydrogens is 224 g/mol. The second-order valence-electron chi connectivity index (χ2n) is 3.42. The first-order valence-corrected chi connectivity index (χ1v) is 4.91. The third kappa shape index (κ3) is 3.98. The van der Waals surface area contributed by atoms with Gasteiger partial charge in [0.25, 0.3) is 5.69 Å². The van der Waals surface area contributed by atoms with E-state index in [4.69, 9.17) is 0 Å². The monoisotopic (exact) mass is 236 g/mol. The lowest BCUT2D eigenvalue weighted by Crippen LogP contribution is -2.09. The molecule has 7 heteroatoms. The molecule has 0 heterocycles. The average molecular weight is 236 g/mol. The van der Waals surface area contributed by atoms with Gasteiger partial charge < -0.3 is 0 Å². The number of nitro groups is 1. The zero-order chi connectivity index (χ0) is 12.8. The molecule has 0 amide bonds. The van der Waals surface area contributed by atoms with E-state index in [1.54, 1.807) is 6.92 Å². The molecule has 1 rings (SSSR count). The Balaban J connectivity index is 2.58. The molecule has 0 radical (unpaired) electrons. The number of ketones is 1. The molecule has 0 aliphatic carbocycles. The molecule has 1 N–H and O–H groups in total. The van der Waals surface area contributed by atoms with Crippen LogP contribution in [0.25, 0.3) is 0 Å². The number of non-ortho nitro benzene ring substituents is 1. The summed E-state index contributed by atoms with van der Waals surface area (Å²) in [6.07, 6.45) is 0. The van der Waals surface area contributed by atoms with Crippen LogP contribution in [-0.4, -0.2) is 16.7 Å². The third-order valence-corrected chi connectivity index (χ3v) is 2.08. The predicted octanol–water partition coefficient (Wildman–Crippen LogP) is 2.35.